The zero-order valence-corrected chi connectivity index (χ0v) is 9.68. The van der Waals surface area contributed by atoms with Crippen molar-refractivity contribution >= 4 is 0 Å². The van der Waals surface area contributed by atoms with Crippen LogP contribution in [0.3, 0.4) is 0 Å². The standard InChI is InChI=1S/C12H14N4O/c1-16-7-9(6-13-16)10-5-12(17)15-11(14-10)4-8-2-3-8/h5-8H,2-4H2,1H3,(H,14,15,17). The molecule has 0 radical (unpaired) electrons. The number of aryl methyl sites for hydroxylation is 1. The van der Waals surface area contributed by atoms with Gasteiger partial charge in [0, 0.05) is 31.3 Å². The smallest absolute Gasteiger partial charge is 0.251 e. The maximum Gasteiger partial charge on any atom is 0.251 e. The Morgan fingerprint density at radius 2 is 2.35 bits per heavy atom. The van der Waals surface area contributed by atoms with Gasteiger partial charge < -0.3 is 4.98 Å². The second-order valence-electron chi connectivity index (χ2n) is 4.63. The van der Waals surface area contributed by atoms with Crippen molar-refractivity contribution in [3.8, 4) is 11.3 Å². The Kier molecular flexibility index (Phi) is 2.31. The highest BCUT2D eigenvalue weighted by Gasteiger charge is 2.22. The zero-order valence-electron chi connectivity index (χ0n) is 9.68. The van der Waals surface area contributed by atoms with Crippen molar-refractivity contribution in [3.05, 3.63) is 34.6 Å². The summed E-state index contributed by atoms with van der Waals surface area (Å²) >= 11 is 0. The summed E-state index contributed by atoms with van der Waals surface area (Å²) in [5.41, 5.74) is 1.50. The quantitative estimate of drug-likeness (QED) is 0.859. The fraction of sp³-hybridized carbons (Fsp3) is 0.417. The third-order valence-electron chi connectivity index (χ3n) is 2.97. The summed E-state index contributed by atoms with van der Waals surface area (Å²) < 4.78 is 1.71. The highest BCUT2D eigenvalue weighted by molar-refractivity contribution is 5.56. The van der Waals surface area contributed by atoms with Crippen LogP contribution in [0.4, 0.5) is 0 Å². The summed E-state index contributed by atoms with van der Waals surface area (Å²) in [5.74, 6) is 1.50. The van der Waals surface area contributed by atoms with Gasteiger partial charge in [0.15, 0.2) is 0 Å². The second-order valence-corrected chi connectivity index (χ2v) is 4.63. The lowest BCUT2D eigenvalue weighted by Gasteiger charge is -2.01. The van der Waals surface area contributed by atoms with E-state index in [2.05, 4.69) is 15.1 Å². The van der Waals surface area contributed by atoms with Crippen molar-refractivity contribution in [1.29, 1.82) is 0 Å². The van der Waals surface area contributed by atoms with Crippen LogP contribution in [-0.2, 0) is 13.5 Å². The lowest BCUT2D eigenvalue weighted by atomic mass is 10.2. The van der Waals surface area contributed by atoms with Gasteiger partial charge in [0.2, 0.25) is 0 Å². The number of rotatable bonds is 3. The van der Waals surface area contributed by atoms with Gasteiger partial charge in [-0.2, -0.15) is 5.10 Å². The number of nitrogens with zero attached hydrogens (tertiary/aromatic N) is 3. The van der Waals surface area contributed by atoms with E-state index < -0.39 is 0 Å². The molecule has 17 heavy (non-hydrogen) atoms. The van der Waals surface area contributed by atoms with Crippen LogP contribution in [-0.4, -0.2) is 19.7 Å². The molecule has 0 amide bonds. The molecule has 5 heteroatoms. The normalized spacial score (nSPS) is 15.1. The van der Waals surface area contributed by atoms with Gasteiger partial charge in [-0.15, -0.1) is 0 Å². The molecule has 0 unspecified atom stereocenters. The number of hydrogen-bond donors (Lipinski definition) is 1. The number of hydrogen-bond acceptors (Lipinski definition) is 3. The summed E-state index contributed by atoms with van der Waals surface area (Å²) in [7, 11) is 1.85. The molecule has 1 saturated carbocycles. The molecule has 2 heterocycles. The molecule has 0 saturated heterocycles. The van der Waals surface area contributed by atoms with E-state index in [0.717, 1.165) is 17.8 Å². The average molecular weight is 230 g/mol. The van der Waals surface area contributed by atoms with Gasteiger partial charge in [0.25, 0.3) is 5.56 Å². The molecule has 3 rings (SSSR count). The predicted octanol–water partition coefficient (Wildman–Crippen LogP) is 1.12. The predicted molar refractivity (Wildman–Crippen MR) is 63.5 cm³/mol. The van der Waals surface area contributed by atoms with Crippen molar-refractivity contribution in [2.75, 3.05) is 0 Å². The molecule has 2 aromatic rings. The molecule has 0 aliphatic heterocycles. The third-order valence-corrected chi connectivity index (χ3v) is 2.97. The van der Waals surface area contributed by atoms with Crippen molar-refractivity contribution in [2.24, 2.45) is 13.0 Å². The summed E-state index contributed by atoms with van der Waals surface area (Å²) in [6.07, 6.45) is 6.97. The Bertz CT molecular complexity index is 595. The minimum Gasteiger partial charge on any atom is -0.311 e. The first kappa shape index (κ1) is 10.3. The van der Waals surface area contributed by atoms with Crippen LogP contribution >= 0.6 is 0 Å². The van der Waals surface area contributed by atoms with E-state index in [1.807, 2.05) is 13.2 Å². The summed E-state index contributed by atoms with van der Waals surface area (Å²) in [5, 5.41) is 4.09. The Hall–Kier alpha value is -1.91. The van der Waals surface area contributed by atoms with Crippen LogP contribution in [0.2, 0.25) is 0 Å². The van der Waals surface area contributed by atoms with Crippen LogP contribution in [0.15, 0.2) is 23.3 Å². The molecule has 0 aromatic carbocycles. The lowest BCUT2D eigenvalue weighted by Crippen LogP contribution is -2.11. The summed E-state index contributed by atoms with van der Waals surface area (Å²) in [6.45, 7) is 0. The first-order chi connectivity index (χ1) is 8.20. The van der Waals surface area contributed by atoms with E-state index in [1.165, 1.54) is 18.9 Å². The number of H-pyrrole nitrogens is 1. The molecular weight excluding hydrogens is 216 g/mol. The highest BCUT2D eigenvalue weighted by atomic mass is 16.1. The maximum atomic E-state index is 11.6. The molecule has 1 fully saturated rings. The Labute approximate surface area is 98.5 Å². The van der Waals surface area contributed by atoms with Crippen molar-refractivity contribution in [2.45, 2.75) is 19.3 Å². The molecule has 0 bridgehead atoms. The summed E-state index contributed by atoms with van der Waals surface area (Å²) in [6, 6.07) is 1.52. The number of nitrogens with one attached hydrogen (secondary N) is 1. The molecule has 88 valence electrons. The first-order valence-electron chi connectivity index (χ1n) is 5.80. The molecule has 1 aliphatic carbocycles. The molecular formula is C12H14N4O. The van der Waals surface area contributed by atoms with Gasteiger partial charge in [-0.1, -0.05) is 0 Å². The van der Waals surface area contributed by atoms with E-state index in [4.69, 9.17) is 0 Å². The molecule has 2 aromatic heterocycles. The van der Waals surface area contributed by atoms with E-state index in [1.54, 1.807) is 10.9 Å². The van der Waals surface area contributed by atoms with Crippen LogP contribution in [0.5, 0.6) is 0 Å². The minimum atomic E-state index is -0.0884. The largest absolute Gasteiger partial charge is 0.311 e. The van der Waals surface area contributed by atoms with Crippen LogP contribution in [0, 0.1) is 5.92 Å². The molecule has 5 nitrogen and oxygen atoms in total. The SMILES string of the molecule is Cn1cc(-c2cc(=O)[nH]c(CC3CC3)n2)cn1. The third kappa shape index (κ3) is 2.27. The summed E-state index contributed by atoms with van der Waals surface area (Å²) in [4.78, 5) is 18.9. The number of aromatic nitrogens is 4. The highest BCUT2D eigenvalue weighted by Crippen LogP contribution is 2.31. The van der Waals surface area contributed by atoms with E-state index in [-0.39, 0.29) is 5.56 Å². The fourth-order valence-electron chi connectivity index (χ4n) is 1.90. The average Bonchev–Trinajstić information content (AvgIpc) is 2.97. The fourth-order valence-corrected chi connectivity index (χ4v) is 1.90. The van der Waals surface area contributed by atoms with Crippen LogP contribution in [0.1, 0.15) is 18.7 Å². The molecule has 1 aliphatic rings. The van der Waals surface area contributed by atoms with Gasteiger partial charge in [0.1, 0.15) is 5.82 Å². The monoisotopic (exact) mass is 230 g/mol. The van der Waals surface area contributed by atoms with E-state index >= 15 is 0 Å². The number of aromatic amines is 1. The van der Waals surface area contributed by atoms with Crippen molar-refractivity contribution < 1.29 is 0 Å². The van der Waals surface area contributed by atoms with Gasteiger partial charge >= 0.3 is 0 Å². The van der Waals surface area contributed by atoms with E-state index in [9.17, 15) is 4.79 Å². The maximum absolute atomic E-state index is 11.6. The minimum absolute atomic E-state index is 0.0884. The van der Waals surface area contributed by atoms with Gasteiger partial charge in [-0.3, -0.25) is 9.48 Å². The Morgan fingerprint density at radius 1 is 1.53 bits per heavy atom. The Morgan fingerprint density at radius 3 is 3.00 bits per heavy atom. The van der Waals surface area contributed by atoms with Crippen LogP contribution < -0.4 is 5.56 Å². The van der Waals surface area contributed by atoms with Gasteiger partial charge in [-0.05, 0) is 18.8 Å². The molecule has 0 spiro atoms. The van der Waals surface area contributed by atoms with E-state index in [0.29, 0.717) is 11.6 Å². The van der Waals surface area contributed by atoms with Gasteiger partial charge in [-0.25, -0.2) is 4.98 Å². The van der Waals surface area contributed by atoms with Crippen molar-refractivity contribution in [1.82, 2.24) is 19.7 Å². The zero-order chi connectivity index (χ0) is 11.8. The molecule has 1 N–H and O–H groups in total. The molecule has 0 atom stereocenters. The first-order valence-corrected chi connectivity index (χ1v) is 5.80. The van der Waals surface area contributed by atoms with Gasteiger partial charge in [0.05, 0.1) is 11.9 Å². The van der Waals surface area contributed by atoms with Crippen molar-refractivity contribution in [3.63, 3.8) is 0 Å². The Balaban J connectivity index is 1.98. The topological polar surface area (TPSA) is 63.6 Å². The second kappa shape index (κ2) is 3.84. The van der Waals surface area contributed by atoms with Crippen LogP contribution in [0.25, 0.3) is 11.3 Å². The lowest BCUT2D eigenvalue weighted by molar-refractivity contribution is 0.764.